The first-order chi connectivity index (χ1) is 12.9. The third-order valence-corrected chi connectivity index (χ3v) is 6.71. The van der Waals surface area contributed by atoms with Crippen molar-refractivity contribution in [3.05, 3.63) is 86.7 Å². The Kier molecular flexibility index (Phi) is 5.26. The topological polar surface area (TPSA) is 92.8 Å². The van der Waals surface area contributed by atoms with Crippen molar-refractivity contribution in [2.45, 2.75) is 17.1 Å². The lowest BCUT2D eigenvalue weighted by Gasteiger charge is -2.14. The van der Waals surface area contributed by atoms with E-state index in [1.54, 1.807) is 48.5 Å². The molecule has 0 saturated heterocycles. The van der Waals surface area contributed by atoms with Crippen LogP contribution in [0.1, 0.15) is 16.4 Å². The van der Waals surface area contributed by atoms with Crippen molar-refractivity contribution < 1.29 is 8.42 Å². The minimum atomic E-state index is -4.02. The van der Waals surface area contributed by atoms with Gasteiger partial charge in [-0.25, -0.2) is 8.42 Å². The van der Waals surface area contributed by atoms with E-state index >= 15 is 0 Å². The number of hydrogen-bond acceptors (Lipinski definition) is 5. The van der Waals surface area contributed by atoms with Crippen LogP contribution in [0.15, 0.2) is 75.0 Å². The number of aromatic nitrogens is 2. The first kappa shape index (κ1) is 19.0. The lowest BCUT2D eigenvalue weighted by molar-refractivity contribution is 0.590. The van der Waals surface area contributed by atoms with Crippen molar-refractivity contribution in [2.75, 3.05) is 0 Å². The molecule has 2 aromatic carbocycles. The fourth-order valence-corrected chi connectivity index (χ4v) is 4.64. The van der Waals surface area contributed by atoms with Gasteiger partial charge in [0, 0.05) is 5.56 Å². The van der Waals surface area contributed by atoms with E-state index in [9.17, 15) is 18.5 Å². The van der Waals surface area contributed by atoms with E-state index in [4.69, 9.17) is 0 Å². The molecule has 0 aliphatic carbocycles. The first-order valence-electron chi connectivity index (χ1n) is 7.89. The molecule has 0 spiro atoms. The van der Waals surface area contributed by atoms with E-state index in [0.29, 0.717) is 5.69 Å². The minimum absolute atomic E-state index is 0.00950. The highest BCUT2D eigenvalue weighted by molar-refractivity contribution is 9.10. The molecule has 6 nitrogen and oxygen atoms in total. The summed E-state index contributed by atoms with van der Waals surface area (Å²) in [6, 6.07) is 16.7. The Morgan fingerprint density at radius 3 is 2.33 bits per heavy atom. The molecule has 0 saturated carbocycles. The van der Waals surface area contributed by atoms with Gasteiger partial charge in [0.05, 0.1) is 27.3 Å². The van der Waals surface area contributed by atoms with Crippen molar-refractivity contribution in [2.24, 2.45) is 0 Å². The number of sulfone groups is 1. The molecule has 0 aliphatic heterocycles. The third kappa shape index (κ3) is 3.56. The summed E-state index contributed by atoms with van der Waals surface area (Å²) in [7, 11) is -4.02. The van der Waals surface area contributed by atoms with Crippen LogP contribution in [-0.4, -0.2) is 18.2 Å². The number of nitrogens with zero attached hydrogens (tertiary/aromatic N) is 3. The summed E-state index contributed by atoms with van der Waals surface area (Å²) >= 11 is 3.16. The summed E-state index contributed by atoms with van der Waals surface area (Å²) in [5.74, 6) is 0. The van der Waals surface area contributed by atoms with Gasteiger partial charge < -0.3 is 0 Å². The predicted molar refractivity (Wildman–Crippen MR) is 104 cm³/mol. The second-order valence-electron chi connectivity index (χ2n) is 5.83. The molecule has 0 aliphatic rings. The van der Waals surface area contributed by atoms with Crippen LogP contribution in [0.2, 0.25) is 0 Å². The van der Waals surface area contributed by atoms with Gasteiger partial charge in [0.2, 0.25) is 0 Å². The number of para-hydroxylation sites is 1. The fourth-order valence-electron chi connectivity index (χ4n) is 2.55. The molecule has 3 rings (SSSR count). The van der Waals surface area contributed by atoms with E-state index < -0.39 is 20.6 Å². The molecule has 0 N–H and O–H groups in total. The van der Waals surface area contributed by atoms with E-state index in [1.165, 1.54) is 18.3 Å². The molecule has 1 heterocycles. The van der Waals surface area contributed by atoms with Crippen LogP contribution in [0, 0.1) is 18.3 Å². The van der Waals surface area contributed by atoms with Crippen molar-refractivity contribution in [3.8, 4) is 11.8 Å². The van der Waals surface area contributed by atoms with Crippen molar-refractivity contribution >= 4 is 25.8 Å². The van der Waals surface area contributed by atoms with Gasteiger partial charge in [-0.05, 0) is 47.1 Å². The fraction of sp³-hybridized carbons (Fsp3) is 0.105. The summed E-state index contributed by atoms with van der Waals surface area (Å²) in [5.41, 5.74) is 0.897. The van der Waals surface area contributed by atoms with Crippen LogP contribution in [0.25, 0.3) is 5.69 Å². The molecule has 3 aromatic rings. The molecule has 1 aromatic heterocycles. The van der Waals surface area contributed by atoms with E-state index in [1.807, 2.05) is 6.92 Å². The Hall–Kier alpha value is -2.76. The predicted octanol–water partition coefficient (Wildman–Crippen LogP) is 3.34. The molecule has 0 radical (unpaired) electrons. The Balaban J connectivity index is 2.12. The minimum Gasteiger partial charge on any atom is -0.266 e. The largest absolute Gasteiger partial charge is 0.286 e. The smallest absolute Gasteiger partial charge is 0.266 e. The van der Waals surface area contributed by atoms with Gasteiger partial charge in [-0.3, -0.25) is 4.79 Å². The summed E-state index contributed by atoms with van der Waals surface area (Å²) in [4.78, 5) is 12.7. The van der Waals surface area contributed by atoms with Crippen LogP contribution in [0.3, 0.4) is 0 Å². The molecule has 8 heteroatoms. The summed E-state index contributed by atoms with van der Waals surface area (Å²) < 4.78 is 27.0. The zero-order valence-electron chi connectivity index (χ0n) is 14.2. The van der Waals surface area contributed by atoms with Gasteiger partial charge in [-0.1, -0.05) is 35.9 Å². The zero-order chi connectivity index (χ0) is 19.6. The molecule has 1 unspecified atom stereocenters. The van der Waals surface area contributed by atoms with E-state index in [2.05, 4.69) is 21.0 Å². The second-order valence-corrected chi connectivity index (χ2v) is 8.66. The highest BCUT2D eigenvalue weighted by Crippen LogP contribution is 2.31. The highest BCUT2D eigenvalue weighted by atomic mass is 79.9. The molecular weight excluding hydrogens is 430 g/mol. The van der Waals surface area contributed by atoms with E-state index in [0.717, 1.165) is 10.2 Å². The maximum absolute atomic E-state index is 12.9. The first-order valence-corrected chi connectivity index (χ1v) is 10.2. The molecule has 27 heavy (non-hydrogen) atoms. The lowest BCUT2D eigenvalue weighted by atomic mass is 10.2. The van der Waals surface area contributed by atoms with Crippen molar-refractivity contribution in [3.63, 3.8) is 0 Å². The number of benzene rings is 2. The lowest BCUT2D eigenvalue weighted by Crippen LogP contribution is -2.25. The van der Waals surface area contributed by atoms with Crippen molar-refractivity contribution in [1.29, 1.82) is 5.26 Å². The third-order valence-electron chi connectivity index (χ3n) is 4.01. The SMILES string of the molecule is Cc1ccc(S(=O)(=O)C(C#N)c2cnn(-c3ccccc3)c(=O)c2Br)cc1. The van der Waals surface area contributed by atoms with Gasteiger partial charge in [0.15, 0.2) is 15.1 Å². The quantitative estimate of drug-likeness (QED) is 0.616. The van der Waals surface area contributed by atoms with Gasteiger partial charge in [0.1, 0.15) is 0 Å². The Morgan fingerprint density at radius 2 is 1.74 bits per heavy atom. The van der Waals surface area contributed by atoms with Crippen molar-refractivity contribution in [1.82, 2.24) is 9.78 Å². The van der Waals surface area contributed by atoms with E-state index in [-0.39, 0.29) is 14.9 Å². The van der Waals surface area contributed by atoms with Crippen LogP contribution in [0.4, 0.5) is 0 Å². The van der Waals surface area contributed by atoms with Gasteiger partial charge in [-0.15, -0.1) is 0 Å². The monoisotopic (exact) mass is 443 g/mol. The Morgan fingerprint density at radius 1 is 1.11 bits per heavy atom. The summed E-state index contributed by atoms with van der Waals surface area (Å²) in [5, 5.41) is 12.0. The molecule has 0 fully saturated rings. The highest BCUT2D eigenvalue weighted by Gasteiger charge is 2.32. The number of aryl methyl sites for hydroxylation is 1. The molecule has 0 amide bonds. The number of nitriles is 1. The maximum Gasteiger partial charge on any atom is 0.286 e. The van der Waals surface area contributed by atoms with Crippen LogP contribution >= 0.6 is 15.9 Å². The maximum atomic E-state index is 12.9. The van der Waals surface area contributed by atoms with Gasteiger partial charge >= 0.3 is 0 Å². The molecular formula is C19H14BrN3O3S. The normalized spacial score (nSPS) is 12.3. The van der Waals surface area contributed by atoms with Gasteiger partial charge in [0.25, 0.3) is 5.56 Å². The molecule has 136 valence electrons. The Labute approximate surface area is 164 Å². The number of hydrogen-bond donors (Lipinski definition) is 0. The van der Waals surface area contributed by atoms with Crippen LogP contribution < -0.4 is 5.56 Å². The summed E-state index contributed by atoms with van der Waals surface area (Å²) in [6.45, 7) is 1.84. The summed E-state index contributed by atoms with van der Waals surface area (Å²) in [6.07, 6.45) is 1.23. The van der Waals surface area contributed by atoms with Gasteiger partial charge in [-0.2, -0.15) is 15.0 Å². The molecule has 1 atom stereocenters. The molecule has 0 bridgehead atoms. The zero-order valence-corrected chi connectivity index (χ0v) is 16.6. The average molecular weight is 444 g/mol. The standard InChI is InChI=1S/C19H14BrN3O3S/c1-13-7-9-15(10-8-13)27(25,26)17(11-21)16-12-22-23(19(24)18(16)20)14-5-3-2-4-6-14/h2-10,12,17H,1H3. The number of rotatable bonds is 4. The second kappa shape index (κ2) is 7.47. The Bertz CT molecular complexity index is 1180. The number of halogens is 1. The van der Waals surface area contributed by atoms with Crippen LogP contribution in [0.5, 0.6) is 0 Å². The van der Waals surface area contributed by atoms with Crippen LogP contribution in [-0.2, 0) is 9.84 Å². The average Bonchev–Trinajstić information content (AvgIpc) is 2.66.